The predicted octanol–water partition coefficient (Wildman–Crippen LogP) is 1.88. The molecule has 0 aromatic carbocycles. The summed E-state index contributed by atoms with van der Waals surface area (Å²) in [6.07, 6.45) is 2.60. The van der Waals surface area contributed by atoms with Crippen molar-refractivity contribution in [2.45, 2.75) is 30.5 Å². The molecule has 2 aromatic heterocycles. The third kappa shape index (κ3) is 3.42. The number of aromatic amines is 1. The molecule has 2 heterocycles. The van der Waals surface area contributed by atoms with Gasteiger partial charge in [0.15, 0.2) is 0 Å². The second kappa shape index (κ2) is 5.62. The number of hydrogen-bond acceptors (Lipinski definition) is 6. The molecule has 2 N–H and O–H groups in total. The Morgan fingerprint density at radius 2 is 2.29 bits per heavy atom. The molecule has 0 aliphatic carbocycles. The number of rotatable bonds is 5. The summed E-state index contributed by atoms with van der Waals surface area (Å²) in [6.45, 7) is 4.88. The van der Waals surface area contributed by atoms with Crippen molar-refractivity contribution in [2.24, 2.45) is 0 Å². The fraction of sp³-hybridized carbons (Fsp3) is 0.400. The van der Waals surface area contributed by atoms with Crippen molar-refractivity contribution < 1.29 is 0 Å². The highest BCUT2D eigenvalue weighted by molar-refractivity contribution is 7.99. The molecule has 0 amide bonds. The first-order chi connectivity index (χ1) is 8.28. The topological polar surface area (TPSA) is 79.4 Å². The third-order valence-electron chi connectivity index (χ3n) is 1.97. The summed E-state index contributed by atoms with van der Waals surface area (Å²) >= 11 is 1.41. The van der Waals surface area contributed by atoms with Gasteiger partial charge in [0.05, 0.1) is 0 Å². The predicted molar refractivity (Wildman–Crippen MR) is 66.1 cm³/mol. The van der Waals surface area contributed by atoms with Crippen molar-refractivity contribution in [1.82, 2.24) is 25.1 Å². The standard InChI is InChI=1S/C10H14N6S/c1-3-4-11-8-5-9(13-6-12-8)17-10-14-7(2)15-16-10/h5-6H,3-4H2,1-2H3,(H,11,12,13)(H,14,15,16). The summed E-state index contributed by atoms with van der Waals surface area (Å²) in [5, 5.41) is 11.6. The molecule has 0 unspecified atom stereocenters. The molecular formula is C10H14N6S. The van der Waals surface area contributed by atoms with Gasteiger partial charge in [-0.15, -0.1) is 5.10 Å². The van der Waals surface area contributed by atoms with Gasteiger partial charge in [0.25, 0.3) is 0 Å². The molecular weight excluding hydrogens is 236 g/mol. The molecule has 17 heavy (non-hydrogen) atoms. The number of nitrogens with one attached hydrogen (secondary N) is 2. The van der Waals surface area contributed by atoms with Crippen LogP contribution in [-0.2, 0) is 0 Å². The minimum atomic E-state index is 0.669. The molecule has 0 aliphatic heterocycles. The minimum Gasteiger partial charge on any atom is -0.370 e. The van der Waals surface area contributed by atoms with E-state index in [1.807, 2.05) is 13.0 Å². The van der Waals surface area contributed by atoms with Gasteiger partial charge in [0, 0.05) is 12.6 Å². The van der Waals surface area contributed by atoms with Gasteiger partial charge in [-0.25, -0.2) is 15.0 Å². The number of nitrogens with zero attached hydrogens (tertiary/aromatic N) is 4. The Labute approximate surface area is 104 Å². The molecule has 2 rings (SSSR count). The van der Waals surface area contributed by atoms with Crippen LogP contribution in [-0.4, -0.2) is 31.7 Å². The largest absolute Gasteiger partial charge is 0.370 e. The molecule has 0 spiro atoms. The van der Waals surface area contributed by atoms with E-state index in [4.69, 9.17) is 0 Å². The number of aryl methyl sites for hydroxylation is 1. The Hall–Kier alpha value is -1.63. The van der Waals surface area contributed by atoms with E-state index in [1.54, 1.807) is 6.33 Å². The van der Waals surface area contributed by atoms with Crippen molar-refractivity contribution >= 4 is 17.6 Å². The van der Waals surface area contributed by atoms with Gasteiger partial charge in [-0.3, -0.25) is 5.10 Å². The van der Waals surface area contributed by atoms with E-state index < -0.39 is 0 Å². The maximum atomic E-state index is 4.21. The molecule has 0 atom stereocenters. The van der Waals surface area contributed by atoms with Crippen LogP contribution in [0.5, 0.6) is 0 Å². The van der Waals surface area contributed by atoms with Crippen LogP contribution in [0.3, 0.4) is 0 Å². The van der Waals surface area contributed by atoms with Gasteiger partial charge >= 0.3 is 0 Å². The Bertz CT molecular complexity index is 483. The van der Waals surface area contributed by atoms with Crippen molar-refractivity contribution in [3.63, 3.8) is 0 Å². The second-order valence-electron chi connectivity index (χ2n) is 3.47. The SMILES string of the molecule is CCCNc1cc(Sc2n[nH]c(C)n2)ncn1. The lowest BCUT2D eigenvalue weighted by Crippen LogP contribution is -2.02. The monoisotopic (exact) mass is 250 g/mol. The van der Waals surface area contributed by atoms with Crippen LogP contribution in [0.15, 0.2) is 22.6 Å². The molecule has 0 bridgehead atoms. The zero-order chi connectivity index (χ0) is 12.1. The van der Waals surface area contributed by atoms with Gasteiger partial charge in [0.1, 0.15) is 23.0 Å². The zero-order valence-corrected chi connectivity index (χ0v) is 10.6. The molecule has 6 nitrogen and oxygen atoms in total. The van der Waals surface area contributed by atoms with Crippen molar-refractivity contribution in [3.05, 3.63) is 18.2 Å². The molecule has 0 saturated carbocycles. The normalized spacial score (nSPS) is 10.5. The van der Waals surface area contributed by atoms with Gasteiger partial charge in [-0.05, 0) is 25.1 Å². The summed E-state index contributed by atoms with van der Waals surface area (Å²) in [7, 11) is 0. The first-order valence-corrected chi connectivity index (χ1v) is 6.22. The third-order valence-corrected chi connectivity index (χ3v) is 2.77. The highest BCUT2D eigenvalue weighted by atomic mass is 32.2. The number of aromatic nitrogens is 5. The quantitative estimate of drug-likeness (QED) is 0.789. The molecule has 7 heteroatoms. The van der Waals surface area contributed by atoms with Crippen molar-refractivity contribution in [3.8, 4) is 0 Å². The maximum Gasteiger partial charge on any atom is 0.214 e. The lowest BCUT2D eigenvalue weighted by Gasteiger charge is -2.03. The summed E-state index contributed by atoms with van der Waals surface area (Å²) in [6, 6.07) is 1.89. The van der Waals surface area contributed by atoms with Crippen LogP contribution in [0.2, 0.25) is 0 Å². The zero-order valence-electron chi connectivity index (χ0n) is 9.77. The van der Waals surface area contributed by atoms with E-state index in [0.29, 0.717) is 5.16 Å². The summed E-state index contributed by atoms with van der Waals surface area (Å²) in [5.74, 6) is 1.63. The second-order valence-corrected chi connectivity index (χ2v) is 4.46. The first-order valence-electron chi connectivity index (χ1n) is 5.40. The van der Waals surface area contributed by atoms with Gasteiger partial charge < -0.3 is 5.32 Å². The highest BCUT2D eigenvalue weighted by Gasteiger charge is 2.05. The Kier molecular flexibility index (Phi) is 3.92. The van der Waals surface area contributed by atoms with E-state index in [9.17, 15) is 0 Å². The van der Waals surface area contributed by atoms with Crippen LogP contribution in [0.1, 0.15) is 19.2 Å². The van der Waals surface area contributed by atoms with Crippen molar-refractivity contribution in [1.29, 1.82) is 0 Å². The number of anilines is 1. The van der Waals surface area contributed by atoms with Gasteiger partial charge in [0.2, 0.25) is 5.16 Å². The average molecular weight is 250 g/mol. The Morgan fingerprint density at radius 1 is 1.41 bits per heavy atom. The molecule has 0 radical (unpaired) electrons. The Balaban J connectivity index is 2.05. The smallest absolute Gasteiger partial charge is 0.214 e. The van der Waals surface area contributed by atoms with E-state index in [0.717, 1.165) is 29.6 Å². The molecule has 90 valence electrons. The minimum absolute atomic E-state index is 0.669. The lowest BCUT2D eigenvalue weighted by atomic mass is 10.4. The van der Waals surface area contributed by atoms with Crippen LogP contribution < -0.4 is 5.32 Å². The molecule has 0 fully saturated rings. The van der Waals surface area contributed by atoms with Crippen LogP contribution in [0, 0.1) is 6.92 Å². The fourth-order valence-corrected chi connectivity index (χ4v) is 1.94. The van der Waals surface area contributed by atoms with Gasteiger partial charge in [-0.1, -0.05) is 6.92 Å². The summed E-state index contributed by atoms with van der Waals surface area (Å²) in [5.41, 5.74) is 0. The highest BCUT2D eigenvalue weighted by Crippen LogP contribution is 2.23. The molecule has 0 saturated heterocycles. The van der Waals surface area contributed by atoms with E-state index in [-0.39, 0.29) is 0 Å². The Morgan fingerprint density at radius 3 is 3.00 bits per heavy atom. The molecule has 2 aromatic rings. The average Bonchev–Trinajstić information content (AvgIpc) is 2.73. The van der Waals surface area contributed by atoms with E-state index in [1.165, 1.54) is 11.8 Å². The van der Waals surface area contributed by atoms with Crippen LogP contribution >= 0.6 is 11.8 Å². The summed E-state index contributed by atoms with van der Waals surface area (Å²) in [4.78, 5) is 12.5. The van der Waals surface area contributed by atoms with Crippen LogP contribution in [0.4, 0.5) is 5.82 Å². The maximum absolute atomic E-state index is 4.21. The first kappa shape index (κ1) is 11.8. The van der Waals surface area contributed by atoms with Crippen molar-refractivity contribution in [2.75, 3.05) is 11.9 Å². The van der Waals surface area contributed by atoms with Gasteiger partial charge in [-0.2, -0.15) is 0 Å². The fourth-order valence-electron chi connectivity index (χ4n) is 1.21. The summed E-state index contributed by atoms with van der Waals surface area (Å²) < 4.78 is 0. The molecule has 0 aliphatic rings. The van der Waals surface area contributed by atoms with E-state index >= 15 is 0 Å². The van der Waals surface area contributed by atoms with E-state index in [2.05, 4.69) is 37.4 Å². The number of H-pyrrole nitrogens is 1. The van der Waals surface area contributed by atoms with Crippen LogP contribution in [0.25, 0.3) is 0 Å². The number of hydrogen-bond donors (Lipinski definition) is 2. The lowest BCUT2D eigenvalue weighted by molar-refractivity contribution is 0.944.